The molecule has 2 rings (SSSR count). The molecule has 0 spiro atoms. The highest BCUT2D eigenvalue weighted by molar-refractivity contribution is 5.72. The quantitative estimate of drug-likeness (QED) is 0.797. The van der Waals surface area contributed by atoms with Crippen LogP contribution in [0.25, 0.3) is 0 Å². The van der Waals surface area contributed by atoms with Crippen molar-refractivity contribution in [2.75, 3.05) is 44.4 Å². The van der Waals surface area contributed by atoms with Crippen LogP contribution in [0.2, 0.25) is 0 Å². The van der Waals surface area contributed by atoms with Crippen LogP contribution in [0.15, 0.2) is 0 Å². The summed E-state index contributed by atoms with van der Waals surface area (Å²) in [6.45, 7) is 5.84. The number of ether oxygens (including phenoxy) is 1. The maximum Gasteiger partial charge on any atom is 0.310 e. The molecule has 8 heteroatoms. The van der Waals surface area contributed by atoms with Crippen molar-refractivity contribution in [3.8, 4) is 0 Å². The first kappa shape index (κ1) is 17.4. The van der Waals surface area contributed by atoms with Crippen LogP contribution < -0.4 is 10.6 Å². The van der Waals surface area contributed by atoms with Gasteiger partial charge in [-0.05, 0) is 33.2 Å². The van der Waals surface area contributed by atoms with E-state index in [-0.39, 0.29) is 23.9 Å². The molecular formula is C15H26N6O2. The van der Waals surface area contributed by atoms with Gasteiger partial charge in [0.2, 0.25) is 11.9 Å². The first-order valence-electron chi connectivity index (χ1n) is 8.01. The molecule has 128 valence electrons. The number of anilines is 2. The number of nitrogens with two attached hydrogens (primary N) is 1. The summed E-state index contributed by atoms with van der Waals surface area (Å²) in [4.78, 5) is 28.9. The van der Waals surface area contributed by atoms with Gasteiger partial charge in [-0.1, -0.05) is 0 Å². The summed E-state index contributed by atoms with van der Waals surface area (Å²) in [7, 11) is 3.72. The van der Waals surface area contributed by atoms with Crippen LogP contribution in [0.1, 0.15) is 38.6 Å². The van der Waals surface area contributed by atoms with Crippen LogP contribution in [0.4, 0.5) is 11.9 Å². The normalized spacial score (nSPS) is 20.1. The van der Waals surface area contributed by atoms with Gasteiger partial charge >= 0.3 is 5.97 Å². The largest absolute Gasteiger partial charge is 0.466 e. The van der Waals surface area contributed by atoms with Gasteiger partial charge in [-0.3, -0.25) is 9.69 Å². The van der Waals surface area contributed by atoms with Gasteiger partial charge in [0.1, 0.15) is 0 Å². The van der Waals surface area contributed by atoms with Gasteiger partial charge in [0.25, 0.3) is 0 Å². The SMILES string of the molecule is CCOC(=O)C1CCCN(C(C)c2nc(N)nc(N(C)C)n2)C1. The summed E-state index contributed by atoms with van der Waals surface area (Å²) in [6, 6.07) is -0.0313. The summed E-state index contributed by atoms with van der Waals surface area (Å²) in [5.41, 5.74) is 5.80. The lowest BCUT2D eigenvalue weighted by Gasteiger charge is -2.35. The Labute approximate surface area is 137 Å². The molecule has 0 saturated carbocycles. The minimum Gasteiger partial charge on any atom is -0.466 e. The molecule has 2 heterocycles. The molecule has 0 bridgehead atoms. The van der Waals surface area contributed by atoms with Gasteiger partial charge in [0.15, 0.2) is 5.82 Å². The third kappa shape index (κ3) is 4.28. The third-order valence-corrected chi connectivity index (χ3v) is 4.05. The number of esters is 1. The fraction of sp³-hybridized carbons (Fsp3) is 0.733. The number of piperidine rings is 1. The van der Waals surface area contributed by atoms with E-state index >= 15 is 0 Å². The first-order valence-corrected chi connectivity index (χ1v) is 8.01. The van der Waals surface area contributed by atoms with Crippen molar-refractivity contribution in [3.05, 3.63) is 5.82 Å². The number of aromatic nitrogens is 3. The monoisotopic (exact) mass is 322 g/mol. The number of rotatable bonds is 5. The molecule has 23 heavy (non-hydrogen) atoms. The van der Waals surface area contributed by atoms with E-state index in [2.05, 4.69) is 19.9 Å². The van der Waals surface area contributed by atoms with Crippen molar-refractivity contribution < 1.29 is 9.53 Å². The lowest BCUT2D eigenvalue weighted by atomic mass is 9.97. The van der Waals surface area contributed by atoms with Crippen LogP contribution in [0.3, 0.4) is 0 Å². The van der Waals surface area contributed by atoms with E-state index in [1.54, 1.807) is 4.90 Å². The minimum atomic E-state index is -0.117. The summed E-state index contributed by atoms with van der Waals surface area (Å²) >= 11 is 0. The number of nitrogens with zero attached hydrogens (tertiary/aromatic N) is 5. The van der Waals surface area contributed by atoms with E-state index in [1.165, 1.54) is 0 Å². The summed E-state index contributed by atoms with van der Waals surface area (Å²) in [5, 5.41) is 0. The summed E-state index contributed by atoms with van der Waals surface area (Å²) in [5.74, 6) is 1.18. The lowest BCUT2D eigenvalue weighted by Crippen LogP contribution is -2.41. The van der Waals surface area contributed by atoms with Crippen LogP contribution >= 0.6 is 0 Å². The van der Waals surface area contributed by atoms with Crippen LogP contribution in [-0.2, 0) is 9.53 Å². The Morgan fingerprint density at radius 2 is 2.17 bits per heavy atom. The Morgan fingerprint density at radius 1 is 1.43 bits per heavy atom. The number of hydrogen-bond donors (Lipinski definition) is 1. The fourth-order valence-corrected chi connectivity index (χ4v) is 2.76. The molecule has 1 aromatic heterocycles. The predicted molar refractivity (Wildman–Crippen MR) is 87.9 cm³/mol. The second-order valence-corrected chi connectivity index (χ2v) is 6.01. The second-order valence-electron chi connectivity index (χ2n) is 6.01. The van der Waals surface area contributed by atoms with Crippen molar-refractivity contribution in [1.82, 2.24) is 19.9 Å². The first-order chi connectivity index (χ1) is 10.9. The number of likely N-dealkylation sites (tertiary alicyclic amines) is 1. The van der Waals surface area contributed by atoms with Crippen molar-refractivity contribution in [2.24, 2.45) is 5.92 Å². The number of carbonyl (C=O) groups is 1. The average molecular weight is 322 g/mol. The maximum atomic E-state index is 12.0. The zero-order chi connectivity index (χ0) is 17.0. The second kappa shape index (κ2) is 7.54. The van der Waals surface area contributed by atoms with Gasteiger partial charge in [-0.15, -0.1) is 0 Å². The van der Waals surface area contributed by atoms with E-state index in [0.29, 0.717) is 24.9 Å². The van der Waals surface area contributed by atoms with Crippen molar-refractivity contribution in [2.45, 2.75) is 32.7 Å². The highest BCUT2D eigenvalue weighted by Gasteiger charge is 2.30. The van der Waals surface area contributed by atoms with E-state index in [4.69, 9.17) is 10.5 Å². The van der Waals surface area contributed by atoms with E-state index in [0.717, 1.165) is 19.4 Å². The van der Waals surface area contributed by atoms with Crippen LogP contribution in [0.5, 0.6) is 0 Å². The molecular weight excluding hydrogens is 296 g/mol. The van der Waals surface area contributed by atoms with Gasteiger partial charge in [-0.25, -0.2) is 0 Å². The van der Waals surface area contributed by atoms with Gasteiger partial charge < -0.3 is 15.4 Å². The molecule has 1 aliphatic rings. The maximum absolute atomic E-state index is 12.0. The molecule has 8 nitrogen and oxygen atoms in total. The Morgan fingerprint density at radius 3 is 2.83 bits per heavy atom. The van der Waals surface area contributed by atoms with Crippen molar-refractivity contribution in [3.63, 3.8) is 0 Å². The smallest absolute Gasteiger partial charge is 0.310 e. The minimum absolute atomic E-state index is 0.0313. The topological polar surface area (TPSA) is 97.5 Å². The molecule has 1 saturated heterocycles. The molecule has 1 aromatic rings. The summed E-state index contributed by atoms with van der Waals surface area (Å²) < 4.78 is 5.15. The highest BCUT2D eigenvalue weighted by Crippen LogP contribution is 2.26. The molecule has 0 aromatic carbocycles. The molecule has 1 aliphatic heterocycles. The zero-order valence-electron chi connectivity index (χ0n) is 14.3. The Hall–Kier alpha value is -1.96. The number of carbonyl (C=O) groups excluding carboxylic acids is 1. The highest BCUT2D eigenvalue weighted by atomic mass is 16.5. The third-order valence-electron chi connectivity index (χ3n) is 4.05. The Kier molecular flexibility index (Phi) is 5.70. The zero-order valence-corrected chi connectivity index (χ0v) is 14.3. The van der Waals surface area contributed by atoms with Crippen molar-refractivity contribution >= 4 is 17.9 Å². The molecule has 0 aliphatic carbocycles. The summed E-state index contributed by atoms with van der Waals surface area (Å²) in [6.07, 6.45) is 1.82. The van der Waals surface area contributed by atoms with Crippen LogP contribution in [0, 0.1) is 5.92 Å². The predicted octanol–water partition coefficient (Wildman–Crippen LogP) is 0.856. The standard InChI is InChI=1S/C15H26N6O2/c1-5-23-13(22)11-7-6-8-21(9-11)10(2)12-17-14(16)19-15(18-12)20(3)4/h10-11H,5-9H2,1-4H3,(H2,16,17,18,19). The molecule has 0 radical (unpaired) electrons. The Bertz CT molecular complexity index is 551. The molecule has 2 unspecified atom stereocenters. The molecule has 1 fully saturated rings. The van der Waals surface area contributed by atoms with Gasteiger partial charge in [0.05, 0.1) is 18.6 Å². The number of nitrogen functional groups attached to an aromatic ring is 1. The lowest BCUT2D eigenvalue weighted by molar-refractivity contribution is -0.150. The number of hydrogen-bond acceptors (Lipinski definition) is 8. The van der Waals surface area contributed by atoms with E-state index in [1.807, 2.05) is 27.9 Å². The fourth-order valence-electron chi connectivity index (χ4n) is 2.76. The molecule has 0 amide bonds. The molecule has 2 atom stereocenters. The van der Waals surface area contributed by atoms with E-state index < -0.39 is 0 Å². The van der Waals surface area contributed by atoms with Gasteiger partial charge in [-0.2, -0.15) is 15.0 Å². The van der Waals surface area contributed by atoms with Gasteiger partial charge in [0, 0.05) is 20.6 Å². The average Bonchev–Trinajstić information content (AvgIpc) is 2.54. The van der Waals surface area contributed by atoms with Crippen LogP contribution in [-0.4, -0.2) is 59.6 Å². The molecule has 2 N–H and O–H groups in total. The van der Waals surface area contributed by atoms with E-state index in [9.17, 15) is 4.79 Å². The Balaban J connectivity index is 2.13. The van der Waals surface area contributed by atoms with Crippen molar-refractivity contribution in [1.29, 1.82) is 0 Å².